The van der Waals surface area contributed by atoms with E-state index in [0.29, 0.717) is 6.54 Å². The van der Waals surface area contributed by atoms with Crippen molar-refractivity contribution in [3.63, 3.8) is 0 Å². The Hall–Kier alpha value is -0.650. The van der Waals surface area contributed by atoms with Crippen LogP contribution in [0.5, 0.6) is 0 Å². The zero-order valence-electron chi connectivity index (χ0n) is 13.4. The van der Waals surface area contributed by atoms with Gasteiger partial charge in [0.25, 0.3) is 0 Å². The summed E-state index contributed by atoms with van der Waals surface area (Å²) >= 11 is 0. The van der Waals surface area contributed by atoms with E-state index in [1.54, 1.807) is 0 Å². The molecule has 0 aromatic rings. The van der Waals surface area contributed by atoms with Crippen molar-refractivity contribution in [2.24, 2.45) is 11.1 Å². The molecule has 1 amide bonds. The van der Waals surface area contributed by atoms with Gasteiger partial charge in [-0.2, -0.15) is 0 Å². The summed E-state index contributed by atoms with van der Waals surface area (Å²) in [5.74, 6) is 0.174. The van der Waals surface area contributed by atoms with E-state index in [1.165, 1.54) is 12.8 Å². The predicted octanol–water partition coefficient (Wildman–Crippen LogP) is 1.12. The molecule has 122 valence electrons. The van der Waals surface area contributed by atoms with E-state index in [9.17, 15) is 4.79 Å². The van der Waals surface area contributed by atoms with Crippen molar-refractivity contribution in [1.29, 1.82) is 0 Å². The SMILES string of the molecule is CC(CN1CCOCC1)NC(=O)C1(CN)CCCCCC1. The molecule has 0 radical (unpaired) electrons. The highest BCUT2D eigenvalue weighted by Crippen LogP contribution is 2.34. The molecule has 3 N–H and O–H groups in total. The molecular formula is C16H31N3O2. The van der Waals surface area contributed by atoms with E-state index < -0.39 is 0 Å². The molecule has 1 aliphatic heterocycles. The molecule has 2 rings (SSSR count). The lowest BCUT2D eigenvalue weighted by Crippen LogP contribution is -2.52. The first-order valence-corrected chi connectivity index (χ1v) is 8.47. The van der Waals surface area contributed by atoms with Crippen LogP contribution in [0, 0.1) is 5.41 Å². The highest BCUT2D eigenvalue weighted by atomic mass is 16.5. The van der Waals surface area contributed by atoms with Crippen LogP contribution in [0.3, 0.4) is 0 Å². The van der Waals surface area contributed by atoms with E-state index >= 15 is 0 Å². The zero-order chi connectivity index (χ0) is 15.1. The maximum Gasteiger partial charge on any atom is 0.227 e. The van der Waals surface area contributed by atoms with Crippen LogP contribution in [-0.4, -0.2) is 56.2 Å². The summed E-state index contributed by atoms with van der Waals surface area (Å²) < 4.78 is 5.36. The lowest BCUT2D eigenvalue weighted by Gasteiger charge is -2.33. The van der Waals surface area contributed by atoms with Crippen molar-refractivity contribution in [1.82, 2.24) is 10.2 Å². The number of rotatable bonds is 5. The number of nitrogens with zero attached hydrogens (tertiary/aromatic N) is 1. The number of hydrogen-bond donors (Lipinski definition) is 2. The van der Waals surface area contributed by atoms with Gasteiger partial charge in [-0.15, -0.1) is 0 Å². The molecule has 1 atom stereocenters. The molecule has 1 heterocycles. The van der Waals surface area contributed by atoms with Gasteiger partial charge in [-0.05, 0) is 19.8 Å². The Balaban J connectivity index is 1.85. The normalized spacial score (nSPS) is 25.0. The minimum Gasteiger partial charge on any atom is -0.379 e. The number of amides is 1. The first kappa shape index (κ1) is 16.7. The first-order valence-electron chi connectivity index (χ1n) is 8.47. The summed E-state index contributed by atoms with van der Waals surface area (Å²) in [5.41, 5.74) is 5.66. The Morgan fingerprint density at radius 1 is 1.24 bits per heavy atom. The van der Waals surface area contributed by atoms with Crippen molar-refractivity contribution in [2.45, 2.75) is 51.5 Å². The third-order valence-electron chi connectivity index (χ3n) is 4.95. The Morgan fingerprint density at radius 2 is 1.86 bits per heavy atom. The van der Waals surface area contributed by atoms with Gasteiger partial charge in [0.05, 0.1) is 18.6 Å². The number of carbonyl (C=O) groups is 1. The van der Waals surface area contributed by atoms with Gasteiger partial charge >= 0.3 is 0 Å². The molecule has 2 fully saturated rings. The second-order valence-electron chi connectivity index (χ2n) is 6.69. The highest BCUT2D eigenvalue weighted by Gasteiger charge is 2.37. The second-order valence-corrected chi connectivity index (χ2v) is 6.69. The number of ether oxygens (including phenoxy) is 1. The molecule has 1 aliphatic carbocycles. The summed E-state index contributed by atoms with van der Waals surface area (Å²) in [6.07, 6.45) is 6.61. The average molecular weight is 297 g/mol. The van der Waals surface area contributed by atoms with E-state index in [4.69, 9.17) is 10.5 Å². The summed E-state index contributed by atoms with van der Waals surface area (Å²) in [5, 5.41) is 3.22. The molecule has 0 aromatic heterocycles. The molecule has 2 aliphatic rings. The van der Waals surface area contributed by atoms with E-state index in [2.05, 4.69) is 17.1 Å². The second kappa shape index (κ2) is 8.11. The largest absolute Gasteiger partial charge is 0.379 e. The quantitative estimate of drug-likeness (QED) is 0.746. The molecule has 5 heteroatoms. The molecule has 1 unspecified atom stereocenters. The van der Waals surface area contributed by atoms with Crippen LogP contribution in [0.1, 0.15) is 45.4 Å². The number of nitrogens with two attached hydrogens (primary N) is 1. The van der Waals surface area contributed by atoms with Crippen LogP contribution in [-0.2, 0) is 9.53 Å². The van der Waals surface area contributed by atoms with Crippen LogP contribution >= 0.6 is 0 Å². The van der Waals surface area contributed by atoms with Gasteiger partial charge in [0.1, 0.15) is 0 Å². The van der Waals surface area contributed by atoms with Gasteiger partial charge in [-0.1, -0.05) is 25.7 Å². The van der Waals surface area contributed by atoms with Gasteiger partial charge < -0.3 is 15.8 Å². The van der Waals surface area contributed by atoms with Gasteiger partial charge in [0, 0.05) is 32.2 Å². The fourth-order valence-electron chi connectivity index (χ4n) is 3.52. The zero-order valence-corrected chi connectivity index (χ0v) is 13.4. The molecular weight excluding hydrogens is 266 g/mol. The van der Waals surface area contributed by atoms with Crippen LogP contribution < -0.4 is 11.1 Å². The number of morpholine rings is 1. The first-order chi connectivity index (χ1) is 10.2. The number of hydrogen-bond acceptors (Lipinski definition) is 4. The Morgan fingerprint density at radius 3 is 2.43 bits per heavy atom. The van der Waals surface area contributed by atoms with Crippen molar-refractivity contribution in [3.05, 3.63) is 0 Å². The molecule has 0 aromatic carbocycles. The standard InChI is InChI=1S/C16H31N3O2/c1-14(12-19-8-10-21-11-9-19)18-15(20)16(13-17)6-4-2-3-5-7-16/h14H,2-13,17H2,1H3,(H,18,20). The van der Waals surface area contributed by atoms with Crippen LogP contribution in [0.2, 0.25) is 0 Å². The molecule has 0 bridgehead atoms. The lowest BCUT2D eigenvalue weighted by atomic mass is 9.79. The Kier molecular flexibility index (Phi) is 6.45. The van der Waals surface area contributed by atoms with Crippen LogP contribution in [0.25, 0.3) is 0 Å². The van der Waals surface area contributed by atoms with Gasteiger partial charge in [-0.3, -0.25) is 9.69 Å². The number of carbonyl (C=O) groups excluding carboxylic acids is 1. The molecule has 1 saturated heterocycles. The minimum absolute atomic E-state index is 0.169. The summed E-state index contributed by atoms with van der Waals surface area (Å²) in [7, 11) is 0. The van der Waals surface area contributed by atoms with Crippen molar-refractivity contribution in [2.75, 3.05) is 39.4 Å². The highest BCUT2D eigenvalue weighted by molar-refractivity contribution is 5.83. The smallest absolute Gasteiger partial charge is 0.227 e. The monoisotopic (exact) mass is 297 g/mol. The topological polar surface area (TPSA) is 67.6 Å². The minimum atomic E-state index is -0.324. The van der Waals surface area contributed by atoms with E-state index in [0.717, 1.165) is 58.5 Å². The lowest BCUT2D eigenvalue weighted by molar-refractivity contribution is -0.132. The molecule has 21 heavy (non-hydrogen) atoms. The third-order valence-corrected chi connectivity index (χ3v) is 4.95. The molecule has 5 nitrogen and oxygen atoms in total. The van der Waals surface area contributed by atoms with Crippen LogP contribution in [0.15, 0.2) is 0 Å². The van der Waals surface area contributed by atoms with Crippen LogP contribution in [0.4, 0.5) is 0 Å². The van der Waals surface area contributed by atoms with Crippen molar-refractivity contribution < 1.29 is 9.53 Å². The average Bonchev–Trinajstić information content (AvgIpc) is 2.74. The van der Waals surface area contributed by atoms with Gasteiger partial charge in [0.2, 0.25) is 5.91 Å². The number of nitrogens with one attached hydrogen (secondary N) is 1. The Labute approximate surface area is 128 Å². The van der Waals surface area contributed by atoms with Gasteiger partial charge in [-0.25, -0.2) is 0 Å². The summed E-state index contributed by atoms with van der Waals surface area (Å²) in [6, 6.07) is 0.169. The van der Waals surface area contributed by atoms with E-state index in [-0.39, 0.29) is 17.4 Å². The maximum absolute atomic E-state index is 12.7. The molecule has 0 spiro atoms. The van der Waals surface area contributed by atoms with Crippen molar-refractivity contribution >= 4 is 5.91 Å². The molecule has 1 saturated carbocycles. The fourth-order valence-corrected chi connectivity index (χ4v) is 3.52. The summed E-state index contributed by atoms with van der Waals surface area (Å²) in [4.78, 5) is 15.1. The fraction of sp³-hybridized carbons (Fsp3) is 0.938. The van der Waals surface area contributed by atoms with E-state index in [1.807, 2.05) is 0 Å². The predicted molar refractivity (Wildman–Crippen MR) is 84.1 cm³/mol. The van der Waals surface area contributed by atoms with Crippen molar-refractivity contribution in [3.8, 4) is 0 Å². The maximum atomic E-state index is 12.7. The summed E-state index contributed by atoms with van der Waals surface area (Å²) in [6.45, 7) is 6.98. The third kappa shape index (κ3) is 4.66. The van der Waals surface area contributed by atoms with Gasteiger partial charge in [0.15, 0.2) is 0 Å². The Bertz CT molecular complexity index is 321.